The molecule has 39 heavy (non-hydrogen) atoms. The van der Waals surface area contributed by atoms with Crippen LogP contribution in [0.5, 0.6) is 0 Å². The zero-order valence-electron chi connectivity index (χ0n) is 21.9. The van der Waals surface area contributed by atoms with Crippen LogP contribution in [0, 0.1) is 0 Å². The summed E-state index contributed by atoms with van der Waals surface area (Å²) in [5, 5.41) is 5.28. The molecule has 3 aromatic rings. The number of unbranched alkanes of at least 4 members (excludes halogenated alkanes) is 1. The number of nitrogens with one attached hydrogen (secondary N) is 2. The van der Waals surface area contributed by atoms with Crippen LogP contribution in [0.1, 0.15) is 65.6 Å². The van der Waals surface area contributed by atoms with Crippen molar-refractivity contribution in [1.29, 1.82) is 0 Å². The van der Waals surface area contributed by atoms with Gasteiger partial charge in [-0.3, -0.25) is 9.59 Å². The molecule has 5 nitrogen and oxygen atoms in total. The third-order valence-corrected chi connectivity index (χ3v) is 7.51. The van der Waals surface area contributed by atoms with Gasteiger partial charge in [0.1, 0.15) is 6.54 Å². The Morgan fingerprint density at radius 1 is 0.974 bits per heavy atom. The predicted molar refractivity (Wildman–Crippen MR) is 147 cm³/mol. The number of halogens is 3. The Kier molecular flexibility index (Phi) is 7.64. The molecular weight excluding hydrogens is 503 g/mol. The summed E-state index contributed by atoms with van der Waals surface area (Å²) in [7, 11) is 0. The number of carbonyl (C=O) groups excluding carboxylic acids is 2. The molecule has 2 amide bonds. The number of hydrogen-bond donors (Lipinski definition) is 2. The van der Waals surface area contributed by atoms with E-state index >= 15 is 0 Å². The Balaban J connectivity index is 1.69. The lowest BCUT2D eigenvalue weighted by Crippen LogP contribution is -2.37. The summed E-state index contributed by atoms with van der Waals surface area (Å²) in [6, 6.07) is 18.3. The molecule has 0 saturated carbocycles. The highest BCUT2D eigenvalue weighted by Gasteiger charge is 2.40. The maximum atomic E-state index is 13.4. The van der Waals surface area contributed by atoms with Gasteiger partial charge in [-0.25, -0.2) is 0 Å². The van der Waals surface area contributed by atoms with Crippen molar-refractivity contribution >= 4 is 23.2 Å². The monoisotopic (exact) mass is 535 g/mol. The predicted octanol–water partition coefficient (Wildman–Crippen LogP) is 6.67. The van der Waals surface area contributed by atoms with Gasteiger partial charge in [-0.2, -0.15) is 13.2 Å². The molecule has 1 fully saturated rings. The molecule has 0 aromatic heterocycles. The van der Waals surface area contributed by atoms with Gasteiger partial charge in [0.15, 0.2) is 0 Å². The summed E-state index contributed by atoms with van der Waals surface area (Å²) < 4.78 is 39.2. The quantitative estimate of drug-likeness (QED) is 0.339. The zero-order valence-corrected chi connectivity index (χ0v) is 21.9. The van der Waals surface area contributed by atoms with E-state index in [1.807, 2.05) is 42.5 Å². The number of carbonyl (C=O) groups is 2. The molecule has 8 heteroatoms. The van der Waals surface area contributed by atoms with Crippen LogP contribution in [0.3, 0.4) is 0 Å². The van der Waals surface area contributed by atoms with Gasteiger partial charge in [0, 0.05) is 18.7 Å². The Bertz CT molecular complexity index is 1370. The van der Waals surface area contributed by atoms with E-state index in [9.17, 15) is 22.8 Å². The van der Waals surface area contributed by atoms with Crippen LogP contribution >= 0.6 is 0 Å². The first-order valence-electron chi connectivity index (χ1n) is 13.5. The van der Waals surface area contributed by atoms with Crippen molar-refractivity contribution in [2.75, 3.05) is 29.9 Å². The molecule has 204 valence electrons. The van der Waals surface area contributed by atoms with Gasteiger partial charge in [-0.1, -0.05) is 55.8 Å². The normalized spacial score (nSPS) is 16.1. The molecule has 2 N–H and O–H groups in total. The fraction of sp³-hybridized carbons (Fsp3) is 0.355. The minimum Gasteiger partial charge on any atom is -0.370 e. The summed E-state index contributed by atoms with van der Waals surface area (Å²) in [5.41, 5.74) is 6.05. The lowest BCUT2D eigenvalue weighted by atomic mass is 9.87. The second-order valence-corrected chi connectivity index (χ2v) is 10.2. The number of fused-ring (bicyclic) bond motifs is 3. The largest absolute Gasteiger partial charge is 0.405 e. The van der Waals surface area contributed by atoms with Crippen molar-refractivity contribution in [3.63, 3.8) is 0 Å². The fourth-order valence-corrected chi connectivity index (χ4v) is 5.79. The molecule has 2 aliphatic rings. The number of alkyl halides is 3. The lowest BCUT2D eigenvalue weighted by Gasteiger charge is -2.29. The van der Waals surface area contributed by atoms with Gasteiger partial charge < -0.3 is 15.5 Å². The fourth-order valence-electron chi connectivity index (χ4n) is 5.79. The molecule has 3 aromatic carbocycles. The molecule has 5 rings (SSSR count). The number of anilines is 2. The highest BCUT2D eigenvalue weighted by atomic mass is 19.4. The Morgan fingerprint density at radius 2 is 1.67 bits per heavy atom. The van der Waals surface area contributed by atoms with Gasteiger partial charge in [0.25, 0.3) is 5.91 Å². The van der Waals surface area contributed by atoms with Crippen molar-refractivity contribution in [3.8, 4) is 11.1 Å². The number of amides is 2. The summed E-state index contributed by atoms with van der Waals surface area (Å²) in [5.74, 6) is -1.75. The molecule has 0 radical (unpaired) electrons. The van der Waals surface area contributed by atoms with E-state index in [1.54, 1.807) is 18.2 Å². The van der Waals surface area contributed by atoms with Crippen molar-refractivity contribution in [3.05, 3.63) is 82.9 Å². The van der Waals surface area contributed by atoms with E-state index in [0.717, 1.165) is 66.7 Å². The summed E-state index contributed by atoms with van der Waals surface area (Å²) in [6.45, 7) is 2.32. The maximum Gasteiger partial charge on any atom is 0.405 e. The third-order valence-electron chi connectivity index (χ3n) is 7.51. The molecule has 1 atom stereocenters. The van der Waals surface area contributed by atoms with Gasteiger partial charge in [0.05, 0.1) is 17.3 Å². The highest BCUT2D eigenvalue weighted by molar-refractivity contribution is 6.08. The number of benzene rings is 3. The average Bonchev–Trinajstić information content (AvgIpc) is 3.57. The van der Waals surface area contributed by atoms with Gasteiger partial charge in [-0.15, -0.1) is 0 Å². The summed E-state index contributed by atoms with van der Waals surface area (Å²) >= 11 is 0. The van der Waals surface area contributed by atoms with Crippen LogP contribution in [0.25, 0.3) is 11.1 Å². The third kappa shape index (κ3) is 5.51. The van der Waals surface area contributed by atoms with Crippen LogP contribution in [0.4, 0.5) is 24.5 Å². The molecule has 1 aliphatic carbocycles. The number of nitrogens with zero attached hydrogens (tertiary/aromatic N) is 1. The average molecular weight is 536 g/mol. The van der Waals surface area contributed by atoms with Crippen molar-refractivity contribution in [1.82, 2.24) is 5.32 Å². The van der Waals surface area contributed by atoms with Crippen LogP contribution in [-0.2, 0) is 11.2 Å². The SMILES string of the molecule is CCCCc1c2c(cc(NC(=O)c3ccccc3)c1N1CCCC1)-c1ccccc1C2C(=O)NCC(F)(F)F. The second kappa shape index (κ2) is 11.1. The maximum absolute atomic E-state index is 13.4. The topological polar surface area (TPSA) is 61.4 Å². The first kappa shape index (κ1) is 26.8. The number of rotatable bonds is 8. The molecule has 0 bridgehead atoms. The van der Waals surface area contributed by atoms with Crippen molar-refractivity contribution in [2.24, 2.45) is 0 Å². The first-order chi connectivity index (χ1) is 18.8. The van der Waals surface area contributed by atoms with E-state index in [4.69, 9.17) is 0 Å². The number of hydrogen-bond acceptors (Lipinski definition) is 3. The van der Waals surface area contributed by atoms with Crippen molar-refractivity contribution in [2.45, 2.75) is 51.1 Å². The van der Waals surface area contributed by atoms with E-state index in [2.05, 4.69) is 22.5 Å². The van der Waals surface area contributed by atoms with E-state index in [-0.39, 0.29) is 5.91 Å². The van der Waals surface area contributed by atoms with Gasteiger partial charge >= 0.3 is 6.18 Å². The van der Waals surface area contributed by atoms with Crippen molar-refractivity contribution < 1.29 is 22.8 Å². The second-order valence-electron chi connectivity index (χ2n) is 10.2. The highest BCUT2D eigenvalue weighted by Crippen LogP contribution is 2.52. The molecular formula is C31H32F3N3O2. The first-order valence-corrected chi connectivity index (χ1v) is 13.5. The van der Waals surface area contributed by atoms with Gasteiger partial charge in [0.2, 0.25) is 5.91 Å². The minimum absolute atomic E-state index is 0.233. The minimum atomic E-state index is -4.51. The van der Waals surface area contributed by atoms with Gasteiger partial charge in [-0.05, 0) is 71.7 Å². The Labute approximate surface area is 226 Å². The van der Waals surface area contributed by atoms with Crippen LogP contribution in [-0.4, -0.2) is 37.6 Å². The van der Waals surface area contributed by atoms with E-state index in [0.29, 0.717) is 23.2 Å². The van der Waals surface area contributed by atoms with E-state index in [1.165, 1.54) is 0 Å². The molecule has 1 aliphatic heterocycles. The van der Waals surface area contributed by atoms with Crippen LogP contribution in [0.15, 0.2) is 60.7 Å². The molecule has 1 saturated heterocycles. The standard InChI is InChI=1S/C31H32F3N3O2/c1-2-3-13-23-26-24(21-14-7-8-15-22(21)27(26)30(39)35-19-31(32,33)34)18-25(28(23)37-16-9-10-17-37)36-29(38)20-11-5-4-6-12-20/h4-8,11-12,14-15,18,27H,2-3,9-10,13,16-17,19H2,1H3,(H,35,39)(H,36,38). The van der Waals surface area contributed by atoms with Crippen LogP contribution < -0.4 is 15.5 Å². The smallest absolute Gasteiger partial charge is 0.370 e. The van der Waals surface area contributed by atoms with Crippen LogP contribution in [0.2, 0.25) is 0 Å². The molecule has 0 spiro atoms. The summed E-state index contributed by atoms with van der Waals surface area (Å²) in [4.78, 5) is 29.0. The Hall–Kier alpha value is -3.81. The lowest BCUT2D eigenvalue weighted by molar-refractivity contribution is -0.138. The Morgan fingerprint density at radius 3 is 2.36 bits per heavy atom. The summed E-state index contributed by atoms with van der Waals surface area (Å²) in [6.07, 6.45) is -0.0911. The van der Waals surface area contributed by atoms with E-state index < -0.39 is 24.5 Å². The molecule has 1 heterocycles. The molecule has 1 unspecified atom stereocenters. The zero-order chi connectivity index (χ0) is 27.6.